The SMILES string of the molecule is COc1ccc(CCNC(=O)Cc2coc3cc(C)ccc23)cc1. The van der Waals surface area contributed by atoms with Gasteiger partial charge in [0.1, 0.15) is 11.3 Å². The predicted octanol–water partition coefficient (Wildman–Crippen LogP) is 3.65. The maximum Gasteiger partial charge on any atom is 0.224 e. The Bertz CT molecular complexity index is 834. The summed E-state index contributed by atoms with van der Waals surface area (Å²) in [5.41, 5.74) is 4.07. The van der Waals surface area contributed by atoms with Crippen LogP contribution in [0.1, 0.15) is 16.7 Å². The Morgan fingerprint density at radius 2 is 1.96 bits per heavy atom. The van der Waals surface area contributed by atoms with Gasteiger partial charge in [-0.25, -0.2) is 0 Å². The fraction of sp³-hybridized carbons (Fsp3) is 0.250. The van der Waals surface area contributed by atoms with Gasteiger partial charge in [-0.1, -0.05) is 24.3 Å². The Morgan fingerprint density at radius 3 is 2.71 bits per heavy atom. The summed E-state index contributed by atoms with van der Waals surface area (Å²) in [7, 11) is 1.65. The highest BCUT2D eigenvalue weighted by Crippen LogP contribution is 2.22. The monoisotopic (exact) mass is 323 g/mol. The molecule has 0 unspecified atom stereocenters. The number of carbonyl (C=O) groups is 1. The summed E-state index contributed by atoms with van der Waals surface area (Å²) in [5.74, 6) is 0.844. The van der Waals surface area contributed by atoms with Gasteiger partial charge < -0.3 is 14.5 Å². The molecule has 0 aliphatic rings. The van der Waals surface area contributed by atoms with Crippen molar-refractivity contribution in [1.82, 2.24) is 5.32 Å². The first-order valence-electron chi connectivity index (χ1n) is 8.02. The zero-order chi connectivity index (χ0) is 16.9. The molecule has 0 fully saturated rings. The van der Waals surface area contributed by atoms with Gasteiger partial charge >= 0.3 is 0 Å². The minimum atomic E-state index is 0.00628. The van der Waals surface area contributed by atoms with E-state index in [0.29, 0.717) is 13.0 Å². The van der Waals surface area contributed by atoms with Crippen LogP contribution in [0.15, 0.2) is 53.1 Å². The van der Waals surface area contributed by atoms with E-state index in [9.17, 15) is 4.79 Å². The topological polar surface area (TPSA) is 51.5 Å². The normalized spacial score (nSPS) is 10.8. The number of fused-ring (bicyclic) bond motifs is 1. The number of hydrogen-bond donors (Lipinski definition) is 1. The molecule has 1 amide bonds. The molecule has 1 aromatic heterocycles. The Kier molecular flexibility index (Phi) is 4.85. The molecule has 1 heterocycles. The van der Waals surface area contributed by atoms with E-state index in [2.05, 4.69) is 5.32 Å². The molecule has 4 nitrogen and oxygen atoms in total. The third kappa shape index (κ3) is 3.77. The number of nitrogens with one attached hydrogen (secondary N) is 1. The van der Waals surface area contributed by atoms with Gasteiger partial charge in [0, 0.05) is 17.5 Å². The smallest absolute Gasteiger partial charge is 0.224 e. The minimum absolute atomic E-state index is 0.00628. The Morgan fingerprint density at radius 1 is 1.17 bits per heavy atom. The average molecular weight is 323 g/mol. The second-order valence-corrected chi connectivity index (χ2v) is 5.89. The largest absolute Gasteiger partial charge is 0.497 e. The Balaban J connectivity index is 1.53. The van der Waals surface area contributed by atoms with Crippen molar-refractivity contribution in [3.05, 3.63) is 65.4 Å². The summed E-state index contributed by atoms with van der Waals surface area (Å²) in [6.45, 7) is 2.63. The van der Waals surface area contributed by atoms with E-state index in [-0.39, 0.29) is 5.91 Å². The molecule has 0 bridgehead atoms. The van der Waals surface area contributed by atoms with Crippen molar-refractivity contribution in [2.45, 2.75) is 19.8 Å². The van der Waals surface area contributed by atoms with Crippen LogP contribution < -0.4 is 10.1 Å². The molecule has 24 heavy (non-hydrogen) atoms. The second kappa shape index (κ2) is 7.21. The number of amides is 1. The number of carbonyl (C=O) groups excluding carboxylic acids is 1. The number of ether oxygens (including phenoxy) is 1. The molecule has 0 atom stereocenters. The Labute approximate surface area is 141 Å². The average Bonchev–Trinajstić information content (AvgIpc) is 2.97. The summed E-state index contributed by atoms with van der Waals surface area (Å²) in [6.07, 6.45) is 2.80. The fourth-order valence-electron chi connectivity index (χ4n) is 2.70. The first kappa shape index (κ1) is 16.1. The standard InChI is InChI=1S/C20H21NO3/c1-14-3-8-18-16(13-24-19(18)11-14)12-20(22)21-10-9-15-4-6-17(23-2)7-5-15/h3-8,11,13H,9-10,12H2,1-2H3,(H,21,22). The number of hydrogen-bond acceptors (Lipinski definition) is 3. The van der Waals surface area contributed by atoms with Crippen molar-refractivity contribution in [3.8, 4) is 5.75 Å². The highest BCUT2D eigenvalue weighted by Gasteiger charge is 2.10. The molecule has 3 rings (SSSR count). The zero-order valence-corrected chi connectivity index (χ0v) is 14.0. The molecule has 3 aromatic rings. The zero-order valence-electron chi connectivity index (χ0n) is 14.0. The van der Waals surface area contributed by atoms with Gasteiger partial charge in [0.2, 0.25) is 5.91 Å². The van der Waals surface area contributed by atoms with Crippen LogP contribution in [0.5, 0.6) is 5.75 Å². The van der Waals surface area contributed by atoms with E-state index in [1.807, 2.05) is 49.4 Å². The minimum Gasteiger partial charge on any atom is -0.497 e. The lowest BCUT2D eigenvalue weighted by molar-refractivity contribution is -0.120. The summed E-state index contributed by atoms with van der Waals surface area (Å²) >= 11 is 0. The molecule has 4 heteroatoms. The molecule has 0 saturated heterocycles. The summed E-state index contributed by atoms with van der Waals surface area (Å²) in [4.78, 5) is 12.1. The van der Waals surface area contributed by atoms with Crippen LogP contribution in [0.25, 0.3) is 11.0 Å². The van der Waals surface area contributed by atoms with E-state index in [1.54, 1.807) is 13.4 Å². The first-order valence-corrected chi connectivity index (χ1v) is 8.02. The van der Waals surface area contributed by atoms with Gasteiger partial charge in [0.25, 0.3) is 0 Å². The third-order valence-corrected chi connectivity index (χ3v) is 4.06. The van der Waals surface area contributed by atoms with Crippen molar-refractivity contribution in [3.63, 3.8) is 0 Å². The number of furan rings is 1. The van der Waals surface area contributed by atoms with E-state index >= 15 is 0 Å². The number of methoxy groups -OCH3 is 1. The van der Waals surface area contributed by atoms with E-state index in [0.717, 1.165) is 34.3 Å². The lowest BCUT2D eigenvalue weighted by Gasteiger charge is -2.06. The van der Waals surface area contributed by atoms with Crippen molar-refractivity contribution >= 4 is 16.9 Å². The number of benzene rings is 2. The molecule has 0 spiro atoms. The van der Waals surface area contributed by atoms with Crippen LogP contribution in [0, 0.1) is 6.92 Å². The highest BCUT2D eigenvalue weighted by molar-refractivity contribution is 5.87. The van der Waals surface area contributed by atoms with Crippen LogP contribution in [0.3, 0.4) is 0 Å². The van der Waals surface area contributed by atoms with Gasteiger partial charge in [-0.2, -0.15) is 0 Å². The molecule has 124 valence electrons. The molecule has 0 aliphatic carbocycles. The third-order valence-electron chi connectivity index (χ3n) is 4.06. The van der Waals surface area contributed by atoms with Gasteiger partial charge in [-0.15, -0.1) is 0 Å². The molecule has 0 saturated carbocycles. The fourth-order valence-corrected chi connectivity index (χ4v) is 2.70. The van der Waals surface area contributed by atoms with Crippen LogP contribution in [-0.2, 0) is 17.6 Å². The number of rotatable bonds is 6. The first-order chi connectivity index (χ1) is 11.7. The number of aryl methyl sites for hydroxylation is 1. The highest BCUT2D eigenvalue weighted by atomic mass is 16.5. The van der Waals surface area contributed by atoms with Crippen LogP contribution >= 0.6 is 0 Å². The van der Waals surface area contributed by atoms with Crippen molar-refractivity contribution in [2.75, 3.05) is 13.7 Å². The van der Waals surface area contributed by atoms with Gasteiger partial charge in [-0.05, 0) is 42.7 Å². The quantitative estimate of drug-likeness (QED) is 0.753. The summed E-state index contributed by atoms with van der Waals surface area (Å²) in [6, 6.07) is 13.9. The molecule has 1 N–H and O–H groups in total. The van der Waals surface area contributed by atoms with Crippen molar-refractivity contribution in [1.29, 1.82) is 0 Å². The van der Waals surface area contributed by atoms with Crippen molar-refractivity contribution < 1.29 is 13.9 Å². The predicted molar refractivity (Wildman–Crippen MR) is 94.4 cm³/mol. The van der Waals surface area contributed by atoms with Gasteiger partial charge in [0.15, 0.2) is 0 Å². The molecule has 0 radical (unpaired) electrons. The molecular formula is C20H21NO3. The lowest BCUT2D eigenvalue weighted by Crippen LogP contribution is -2.27. The van der Waals surface area contributed by atoms with Crippen molar-refractivity contribution in [2.24, 2.45) is 0 Å². The Hall–Kier alpha value is -2.75. The lowest BCUT2D eigenvalue weighted by atomic mass is 10.1. The van der Waals surface area contributed by atoms with Crippen LogP contribution in [-0.4, -0.2) is 19.6 Å². The summed E-state index contributed by atoms with van der Waals surface area (Å²) < 4.78 is 10.7. The second-order valence-electron chi connectivity index (χ2n) is 5.89. The maximum absolute atomic E-state index is 12.1. The summed E-state index contributed by atoms with van der Waals surface area (Å²) in [5, 5.41) is 3.97. The van der Waals surface area contributed by atoms with E-state index in [1.165, 1.54) is 5.56 Å². The van der Waals surface area contributed by atoms with E-state index < -0.39 is 0 Å². The maximum atomic E-state index is 12.1. The molecule has 0 aliphatic heterocycles. The van der Waals surface area contributed by atoms with E-state index in [4.69, 9.17) is 9.15 Å². The molecular weight excluding hydrogens is 302 g/mol. The van der Waals surface area contributed by atoms with Gasteiger partial charge in [0.05, 0.1) is 19.8 Å². The van der Waals surface area contributed by atoms with Crippen LogP contribution in [0.4, 0.5) is 0 Å². The molecule has 2 aromatic carbocycles. The van der Waals surface area contributed by atoms with Crippen LogP contribution in [0.2, 0.25) is 0 Å². The van der Waals surface area contributed by atoms with Gasteiger partial charge in [-0.3, -0.25) is 4.79 Å².